The van der Waals surface area contributed by atoms with Gasteiger partial charge in [0, 0.05) is 37.1 Å². The number of rotatable bonds is 6. The van der Waals surface area contributed by atoms with Crippen LogP contribution < -0.4 is 4.90 Å². The summed E-state index contributed by atoms with van der Waals surface area (Å²) >= 11 is 0. The summed E-state index contributed by atoms with van der Waals surface area (Å²) in [5, 5.41) is 9.04. The highest BCUT2D eigenvalue weighted by Gasteiger charge is 2.37. The zero-order valence-corrected chi connectivity index (χ0v) is 15.7. The molecular formula is C21H29NO4. The standard InChI is InChI=1S/C21H29NO4/c1-3-4-17-12-15(9-10-26-17)21(25)22-13-16(6-8-20(23)24)18-11-14(2)5-7-19(18)22/h5,7,11,15-17H,3-4,6,8-10,12-13H2,1-2H3,(H,23,24). The highest BCUT2D eigenvalue weighted by atomic mass is 16.5. The highest BCUT2D eigenvalue weighted by Crippen LogP contribution is 2.41. The molecule has 1 N–H and O–H groups in total. The molecule has 142 valence electrons. The quantitative estimate of drug-likeness (QED) is 0.837. The molecule has 1 aromatic carbocycles. The number of aryl methyl sites for hydroxylation is 1. The van der Waals surface area contributed by atoms with Crippen LogP contribution in [0.4, 0.5) is 5.69 Å². The summed E-state index contributed by atoms with van der Waals surface area (Å²) in [5.41, 5.74) is 3.23. The fourth-order valence-electron chi connectivity index (χ4n) is 4.27. The van der Waals surface area contributed by atoms with Crippen molar-refractivity contribution in [2.45, 2.75) is 64.4 Å². The average molecular weight is 359 g/mol. The first-order chi connectivity index (χ1) is 12.5. The zero-order chi connectivity index (χ0) is 18.7. The highest BCUT2D eigenvalue weighted by molar-refractivity contribution is 5.97. The minimum atomic E-state index is -0.782. The molecule has 5 heteroatoms. The lowest BCUT2D eigenvalue weighted by Crippen LogP contribution is -2.40. The van der Waals surface area contributed by atoms with E-state index in [0.29, 0.717) is 19.6 Å². The molecule has 3 rings (SSSR count). The molecule has 1 fully saturated rings. The molecule has 2 aliphatic heterocycles. The van der Waals surface area contributed by atoms with Gasteiger partial charge >= 0.3 is 5.97 Å². The van der Waals surface area contributed by atoms with Crippen molar-refractivity contribution in [2.24, 2.45) is 5.92 Å². The van der Waals surface area contributed by atoms with Crippen molar-refractivity contribution in [2.75, 3.05) is 18.1 Å². The molecule has 1 saturated heterocycles. The van der Waals surface area contributed by atoms with Crippen LogP contribution in [0, 0.1) is 12.8 Å². The first-order valence-electron chi connectivity index (χ1n) is 9.75. The largest absolute Gasteiger partial charge is 0.481 e. The number of aliphatic carboxylic acids is 1. The minimum Gasteiger partial charge on any atom is -0.481 e. The van der Waals surface area contributed by atoms with Crippen molar-refractivity contribution in [3.63, 3.8) is 0 Å². The molecule has 0 aromatic heterocycles. The van der Waals surface area contributed by atoms with Crippen LogP contribution in [0.2, 0.25) is 0 Å². The maximum absolute atomic E-state index is 13.2. The van der Waals surface area contributed by atoms with Crippen molar-refractivity contribution in [1.82, 2.24) is 0 Å². The molecule has 0 saturated carbocycles. The molecule has 1 aromatic rings. The van der Waals surface area contributed by atoms with Gasteiger partial charge in [-0.05, 0) is 44.2 Å². The number of nitrogens with zero attached hydrogens (tertiary/aromatic N) is 1. The average Bonchev–Trinajstić information content (AvgIpc) is 2.97. The minimum absolute atomic E-state index is 0.00711. The fourth-order valence-corrected chi connectivity index (χ4v) is 4.27. The number of carbonyl (C=O) groups excluding carboxylic acids is 1. The Bertz CT molecular complexity index is 670. The third-order valence-electron chi connectivity index (χ3n) is 5.62. The van der Waals surface area contributed by atoms with Crippen LogP contribution in [0.1, 0.15) is 62.5 Å². The smallest absolute Gasteiger partial charge is 0.303 e. The number of carbonyl (C=O) groups is 2. The number of hydrogen-bond donors (Lipinski definition) is 1. The van der Waals surface area contributed by atoms with Gasteiger partial charge in [0.2, 0.25) is 5.91 Å². The van der Waals surface area contributed by atoms with E-state index in [1.807, 2.05) is 24.0 Å². The molecule has 0 aliphatic carbocycles. The van der Waals surface area contributed by atoms with Crippen LogP contribution in [0.25, 0.3) is 0 Å². The van der Waals surface area contributed by atoms with Gasteiger partial charge in [-0.1, -0.05) is 31.0 Å². The van der Waals surface area contributed by atoms with Crippen molar-refractivity contribution in [3.8, 4) is 0 Å². The molecular weight excluding hydrogens is 330 g/mol. The van der Waals surface area contributed by atoms with Crippen molar-refractivity contribution in [3.05, 3.63) is 29.3 Å². The molecule has 26 heavy (non-hydrogen) atoms. The molecule has 3 unspecified atom stereocenters. The third-order valence-corrected chi connectivity index (χ3v) is 5.62. The third kappa shape index (κ3) is 4.09. The van der Waals surface area contributed by atoms with Gasteiger partial charge in [0.05, 0.1) is 6.10 Å². The fraction of sp³-hybridized carbons (Fsp3) is 0.619. The number of anilines is 1. The summed E-state index contributed by atoms with van der Waals surface area (Å²) in [6.07, 6.45) is 4.53. The number of amides is 1. The van der Waals surface area contributed by atoms with E-state index in [4.69, 9.17) is 9.84 Å². The van der Waals surface area contributed by atoms with Crippen LogP contribution >= 0.6 is 0 Å². The second-order valence-electron chi connectivity index (χ2n) is 7.64. The Morgan fingerprint density at radius 3 is 2.85 bits per heavy atom. The second-order valence-corrected chi connectivity index (χ2v) is 7.64. The van der Waals surface area contributed by atoms with Gasteiger partial charge in [-0.15, -0.1) is 0 Å². The Labute approximate surface area is 155 Å². The van der Waals surface area contributed by atoms with Crippen LogP contribution in [0.5, 0.6) is 0 Å². The maximum atomic E-state index is 13.2. The van der Waals surface area contributed by atoms with Gasteiger partial charge < -0.3 is 14.7 Å². The number of hydrogen-bond acceptors (Lipinski definition) is 3. The Balaban J connectivity index is 1.77. The summed E-state index contributed by atoms with van der Waals surface area (Å²) in [6.45, 7) is 5.42. The van der Waals surface area contributed by atoms with Crippen LogP contribution in [-0.2, 0) is 14.3 Å². The SMILES string of the molecule is CCCC1CC(C(=O)N2CC(CCC(=O)O)c3cc(C)ccc32)CCO1. The maximum Gasteiger partial charge on any atom is 0.303 e. The molecule has 5 nitrogen and oxygen atoms in total. The Kier molecular flexibility index (Phi) is 5.97. The monoisotopic (exact) mass is 359 g/mol. The van der Waals surface area contributed by atoms with Gasteiger partial charge in [0.15, 0.2) is 0 Å². The van der Waals surface area contributed by atoms with E-state index in [-0.39, 0.29) is 30.3 Å². The summed E-state index contributed by atoms with van der Waals surface area (Å²) in [4.78, 5) is 26.1. The van der Waals surface area contributed by atoms with Gasteiger partial charge in [0.1, 0.15) is 0 Å². The number of ether oxygens (including phenoxy) is 1. The van der Waals surface area contributed by atoms with Gasteiger partial charge in [-0.2, -0.15) is 0 Å². The van der Waals surface area contributed by atoms with E-state index in [1.54, 1.807) is 0 Å². The van der Waals surface area contributed by atoms with E-state index >= 15 is 0 Å². The predicted molar refractivity (Wildman–Crippen MR) is 101 cm³/mol. The summed E-state index contributed by atoms with van der Waals surface area (Å²) in [5.74, 6) is -0.489. The Morgan fingerprint density at radius 2 is 2.12 bits per heavy atom. The summed E-state index contributed by atoms with van der Waals surface area (Å²) in [6, 6.07) is 6.16. The lowest BCUT2D eigenvalue weighted by atomic mass is 9.92. The van der Waals surface area contributed by atoms with E-state index in [2.05, 4.69) is 13.0 Å². The van der Waals surface area contributed by atoms with Crippen LogP contribution in [0.15, 0.2) is 18.2 Å². The van der Waals surface area contributed by atoms with E-state index in [0.717, 1.165) is 42.5 Å². The first-order valence-corrected chi connectivity index (χ1v) is 9.75. The summed E-state index contributed by atoms with van der Waals surface area (Å²) < 4.78 is 5.80. The van der Waals surface area contributed by atoms with Crippen LogP contribution in [0.3, 0.4) is 0 Å². The first kappa shape index (κ1) is 18.9. The molecule has 3 atom stereocenters. The van der Waals surface area contributed by atoms with E-state index in [1.165, 1.54) is 0 Å². The lowest BCUT2D eigenvalue weighted by Gasteiger charge is -2.31. The predicted octanol–water partition coefficient (Wildman–Crippen LogP) is 3.89. The zero-order valence-electron chi connectivity index (χ0n) is 15.7. The van der Waals surface area contributed by atoms with Crippen molar-refractivity contribution < 1.29 is 19.4 Å². The van der Waals surface area contributed by atoms with E-state index < -0.39 is 5.97 Å². The Hall–Kier alpha value is -1.88. The summed E-state index contributed by atoms with van der Waals surface area (Å²) in [7, 11) is 0. The molecule has 1 amide bonds. The molecule has 2 heterocycles. The molecule has 0 spiro atoms. The molecule has 0 bridgehead atoms. The number of benzene rings is 1. The topological polar surface area (TPSA) is 66.8 Å². The number of fused-ring (bicyclic) bond motifs is 1. The number of carboxylic acids is 1. The van der Waals surface area contributed by atoms with Crippen LogP contribution in [-0.4, -0.2) is 36.2 Å². The normalized spacial score (nSPS) is 25.2. The van der Waals surface area contributed by atoms with E-state index in [9.17, 15) is 9.59 Å². The van der Waals surface area contributed by atoms with Gasteiger partial charge in [-0.3, -0.25) is 9.59 Å². The van der Waals surface area contributed by atoms with Crippen molar-refractivity contribution in [1.29, 1.82) is 0 Å². The Morgan fingerprint density at radius 1 is 1.31 bits per heavy atom. The molecule has 2 aliphatic rings. The van der Waals surface area contributed by atoms with Gasteiger partial charge in [0.25, 0.3) is 0 Å². The lowest BCUT2D eigenvalue weighted by molar-refractivity contribution is -0.137. The van der Waals surface area contributed by atoms with Crippen molar-refractivity contribution >= 4 is 17.6 Å². The number of carboxylic acid groups (broad SMARTS) is 1. The van der Waals surface area contributed by atoms with Gasteiger partial charge in [-0.25, -0.2) is 0 Å². The molecule has 0 radical (unpaired) electrons. The second kappa shape index (κ2) is 8.21.